The number of carboxylic acid groups (broad SMARTS) is 1. The third-order valence-electron chi connectivity index (χ3n) is 4.55. The van der Waals surface area contributed by atoms with Crippen molar-refractivity contribution >= 4 is 29.0 Å². The molecular formula is C17H16FN3O3S. The van der Waals surface area contributed by atoms with Crippen molar-refractivity contribution in [2.24, 2.45) is 0 Å². The molecular weight excluding hydrogens is 345 g/mol. The van der Waals surface area contributed by atoms with Gasteiger partial charge in [0.2, 0.25) is 0 Å². The number of anilines is 1. The Morgan fingerprint density at radius 1 is 1.28 bits per heavy atom. The Morgan fingerprint density at radius 3 is 2.68 bits per heavy atom. The normalized spacial score (nSPS) is 20.0. The molecule has 130 valence electrons. The number of thiazole rings is 1. The SMILES string of the molecule is O=C(O)N1CCc2nc(-c3ccc(N4CCC(F)C4)cc3)sc2C1=O. The fourth-order valence-corrected chi connectivity index (χ4v) is 4.27. The number of amides is 2. The zero-order valence-corrected chi connectivity index (χ0v) is 14.1. The predicted molar refractivity (Wildman–Crippen MR) is 92.0 cm³/mol. The van der Waals surface area contributed by atoms with Crippen LogP contribution in [0.4, 0.5) is 14.9 Å². The van der Waals surface area contributed by atoms with Crippen LogP contribution in [0, 0.1) is 0 Å². The smallest absolute Gasteiger partial charge is 0.414 e. The molecule has 2 aliphatic rings. The summed E-state index contributed by atoms with van der Waals surface area (Å²) < 4.78 is 13.3. The molecule has 6 nitrogen and oxygen atoms in total. The van der Waals surface area contributed by atoms with Crippen LogP contribution in [0.25, 0.3) is 10.6 Å². The van der Waals surface area contributed by atoms with Crippen LogP contribution in [0.3, 0.4) is 0 Å². The summed E-state index contributed by atoms with van der Waals surface area (Å²) in [5, 5.41) is 9.77. The number of imide groups is 1. The number of aromatic nitrogens is 1. The summed E-state index contributed by atoms with van der Waals surface area (Å²) in [6.07, 6.45) is -1.00. The van der Waals surface area contributed by atoms with Gasteiger partial charge in [0.1, 0.15) is 16.1 Å². The molecule has 1 unspecified atom stereocenters. The average molecular weight is 361 g/mol. The first-order chi connectivity index (χ1) is 12.0. The number of hydrogen-bond donors (Lipinski definition) is 1. The van der Waals surface area contributed by atoms with Gasteiger partial charge in [0.25, 0.3) is 5.91 Å². The Bertz CT molecular complexity index is 836. The number of fused-ring (bicyclic) bond motifs is 1. The molecule has 0 bridgehead atoms. The van der Waals surface area contributed by atoms with E-state index >= 15 is 0 Å². The van der Waals surface area contributed by atoms with Gasteiger partial charge in [-0.15, -0.1) is 11.3 Å². The minimum atomic E-state index is -1.23. The van der Waals surface area contributed by atoms with E-state index in [1.54, 1.807) is 0 Å². The van der Waals surface area contributed by atoms with Gasteiger partial charge in [-0.05, 0) is 30.7 Å². The molecule has 1 fully saturated rings. The van der Waals surface area contributed by atoms with E-state index in [-0.39, 0.29) is 6.54 Å². The summed E-state index contributed by atoms with van der Waals surface area (Å²) in [6.45, 7) is 1.28. The number of halogens is 1. The molecule has 0 aliphatic carbocycles. The quantitative estimate of drug-likeness (QED) is 0.890. The maximum Gasteiger partial charge on any atom is 0.414 e. The lowest BCUT2D eigenvalue weighted by atomic mass is 10.1. The fraction of sp³-hybridized carbons (Fsp3) is 0.353. The Hall–Kier alpha value is -2.48. The van der Waals surface area contributed by atoms with Crippen LogP contribution in [0.2, 0.25) is 0 Å². The lowest BCUT2D eigenvalue weighted by Crippen LogP contribution is -2.40. The van der Waals surface area contributed by atoms with Gasteiger partial charge in [-0.3, -0.25) is 4.79 Å². The molecule has 1 saturated heterocycles. The van der Waals surface area contributed by atoms with Crippen molar-refractivity contribution in [2.75, 3.05) is 24.5 Å². The molecule has 0 saturated carbocycles. The summed E-state index contributed by atoms with van der Waals surface area (Å²) in [5.74, 6) is -0.500. The molecule has 2 aliphatic heterocycles. The maximum atomic E-state index is 13.3. The van der Waals surface area contributed by atoms with Crippen LogP contribution in [-0.4, -0.2) is 52.8 Å². The highest BCUT2D eigenvalue weighted by Crippen LogP contribution is 2.33. The van der Waals surface area contributed by atoms with Gasteiger partial charge in [0.15, 0.2) is 0 Å². The van der Waals surface area contributed by atoms with E-state index < -0.39 is 18.2 Å². The number of nitrogens with zero attached hydrogens (tertiary/aromatic N) is 3. The molecule has 4 rings (SSSR count). The highest BCUT2D eigenvalue weighted by Gasteiger charge is 2.32. The van der Waals surface area contributed by atoms with E-state index in [0.717, 1.165) is 16.2 Å². The minimum Gasteiger partial charge on any atom is -0.465 e. The largest absolute Gasteiger partial charge is 0.465 e. The third kappa shape index (κ3) is 2.86. The molecule has 1 aromatic heterocycles. The first kappa shape index (κ1) is 16.0. The fourth-order valence-electron chi connectivity index (χ4n) is 3.20. The van der Waals surface area contributed by atoms with Crippen LogP contribution in [0.5, 0.6) is 0 Å². The Morgan fingerprint density at radius 2 is 2.04 bits per heavy atom. The molecule has 3 heterocycles. The molecule has 2 aromatic rings. The zero-order valence-electron chi connectivity index (χ0n) is 13.3. The van der Waals surface area contributed by atoms with Crippen LogP contribution in [0.1, 0.15) is 21.8 Å². The molecule has 25 heavy (non-hydrogen) atoms. The van der Waals surface area contributed by atoms with Gasteiger partial charge in [-0.25, -0.2) is 19.1 Å². The molecule has 0 radical (unpaired) electrons. The van der Waals surface area contributed by atoms with E-state index in [4.69, 9.17) is 5.11 Å². The number of carbonyl (C=O) groups is 2. The molecule has 1 N–H and O–H groups in total. The summed E-state index contributed by atoms with van der Waals surface area (Å²) in [6, 6.07) is 7.67. The summed E-state index contributed by atoms with van der Waals surface area (Å²) >= 11 is 1.22. The zero-order chi connectivity index (χ0) is 17.6. The van der Waals surface area contributed by atoms with Gasteiger partial charge in [0.05, 0.1) is 5.69 Å². The van der Waals surface area contributed by atoms with Crippen LogP contribution in [0.15, 0.2) is 24.3 Å². The van der Waals surface area contributed by atoms with E-state index in [1.807, 2.05) is 29.2 Å². The Balaban J connectivity index is 1.58. The number of hydrogen-bond acceptors (Lipinski definition) is 5. The topological polar surface area (TPSA) is 73.7 Å². The average Bonchev–Trinajstić information content (AvgIpc) is 3.22. The van der Waals surface area contributed by atoms with Crippen molar-refractivity contribution < 1.29 is 19.1 Å². The molecule has 1 aromatic carbocycles. The standard InChI is InChI=1S/C17H16FN3O3S/c18-11-5-7-20(9-11)12-3-1-10(2-4-12)15-19-13-6-8-21(17(23)24)16(22)14(13)25-15/h1-4,11H,5-9H2,(H,23,24). The van der Waals surface area contributed by atoms with Crippen molar-refractivity contribution in [3.63, 3.8) is 0 Å². The summed E-state index contributed by atoms with van der Waals surface area (Å²) in [4.78, 5) is 31.1. The lowest BCUT2D eigenvalue weighted by molar-refractivity contribution is 0.0731. The minimum absolute atomic E-state index is 0.142. The second-order valence-corrected chi connectivity index (χ2v) is 7.16. The summed E-state index contributed by atoms with van der Waals surface area (Å²) in [7, 11) is 0. The van der Waals surface area contributed by atoms with Crippen molar-refractivity contribution in [1.82, 2.24) is 9.88 Å². The number of rotatable bonds is 2. The monoisotopic (exact) mass is 361 g/mol. The van der Waals surface area contributed by atoms with Gasteiger partial charge in [0, 0.05) is 37.3 Å². The van der Waals surface area contributed by atoms with Crippen molar-refractivity contribution in [3.8, 4) is 10.6 Å². The van der Waals surface area contributed by atoms with Gasteiger partial charge in [-0.2, -0.15) is 0 Å². The van der Waals surface area contributed by atoms with Gasteiger partial charge < -0.3 is 10.0 Å². The third-order valence-corrected chi connectivity index (χ3v) is 5.68. The lowest BCUT2D eigenvalue weighted by Gasteiger charge is -2.20. The number of carbonyl (C=O) groups excluding carboxylic acids is 1. The van der Waals surface area contributed by atoms with E-state index in [2.05, 4.69) is 4.98 Å². The van der Waals surface area contributed by atoms with Gasteiger partial charge in [-0.1, -0.05) is 0 Å². The predicted octanol–water partition coefficient (Wildman–Crippen LogP) is 3.03. The molecule has 2 amide bonds. The molecule has 1 atom stereocenters. The molecule has 8 heteroatoms. The first-order valence-corrected chi connectivity index (χ1v) is 8.88. The van der Waals surface area contributed by atoms with E-state index in [0.29, 0.717) is 41.5 Å². The summed E-state index contributed by atoms with van der Waals surface area (Å²) in [5.41, 5.74) is 2.50. The number of benzene rings is 1. The second-order valence-electron chi connectivity index (χ2n) is 6.16. The highest BCUT2D eigenvalue weighted by atomic mass is 32.1. The Kier molecular flexibility index (Phi) is 3.91. The second kappa shape index (κ2) is 6.11. The maximum absolute atomic E-state index is 13.3. The van der Waals surface area contributed by atoms with E-state index in [9.17, 15) is 14.0 Å². The van der Waals surface area contributed by atoms with Crippen molar-refractivity contribution in [1.29, 1.82) is 0 Å². The van der Waals surface area contributed by atoms with E-state index in [1.165, 1.54) is 11.3 Å². The van der Waals surface area contributed by atoms with Crippen LogP contribution in [-0.2, 0) is 6.42 Å². The highest BCUT2D eigenvalue weighted by molar-refractivity contribution is 7.17. The van der Waals surface area contributed by atoms with Crippen molar-refractivity contribution in [3.05, 3.63) is 34.8 Å². The van der Waals surface area contributed by atoms with Gasteiger partial charge >= 0.3 is 6.09 Å². The van der Waals surface area contributed by atoms with Crippen LogP contribution >= 0.6 is 11.3 Å². The first-order valence-electron chi connectivity index (χ1n) is 8.07. The Labute approximate surface area is 147 Å². The van der Waals surface area contributed by atoms with Crippen LogP contribution < -0.4 is 4.90 Å². The number of alkyl halides is 1. The van der Waals surface area contributed by atoms with Crippen molar-refractivity contribution in [2.45, 2.75) is 19.0 Å². The molecule has 0 spiro atoms.